The van der Waals surface area contributed by atoms with Gasteiger partial charge in [-0.3, -0.25) is 0 Å². The van der Waals surface area contributed by atoms with Crippen LogP contribution in [0.1, 0.15) is 5.56 Å². The minimum atomic E-state index is 1.02. The van der Waals surface area contributed by atoms with Gasteiger partial charge < -0.3 is 0 Å². The quantitative estimate of drug-likeness (QED) is 0.621. The summed E-state index contributed by atoms with van der Waals surface area (Å²) in [5.41, 5.74) is 2.50. The van der Waals surface area contributed by atoms with Crippen molar-refractivity contribution in [2.75, 3.05) is 0 Å². The maximum Gasteiger partial charge on any atom is 0.0835 e. The lowest BCUT2D eigenvalue weighted by Crippen LogP contribution is -1.82. The zero-order valence-corrected chi connectivity index (χ0v) is 7.50. The minimum absolute atomic E-state index is 1.02. The molecule has 0 atom stereocenters. The lowest BCUT2D eigenvalue weighted by atomic mass is 10.2. The van der Waals surface area contributed by atoms with Gasteiger partial charge in [-0.2, -0.15) is 0 Å². The second-order valence-corrected chi connectivity index (χ2v) is 3.54. The van der Waals surface area contributed by atoms with Crippen LogP contribution in [0.5, 0.6) is 0 Å². The molecule has 0 aromatic heterocycles. The maximum absolute atomic E-state index is 4.36. The van der Waals surface area contributed by atoms with Crippen molar-refractivity contribution in [2.24, 2.45) is 4.99 Å². The molecule has 1 heterocycles. The molecule has 0 radical (unpaired) electrons. The predicted octanol–water partition coefficient (Wildman–Crippen LogP) is 2.71. The number of para-hydroxylation sites is 1. The van der Waals surface area contributed by atoms with E-state index in [9.17, 15) is 0 Å². The van der Waals surface area contributed by atoms with Crippen molar-refractivity contribution < 1.29 is 0 Å². The van der Waals surface area contributed by atoms with Gasteiger partial charge >= 0.3 is 0 Å². The molecule has 1 aliphatic rings. The monoisotopic (exact) mass is 243 g/mol. The molecule has 0 bridgehead atoms. The first-order valence-electron chi connectivity index (χ1n) is 3.17. The average Bonchev–Trinajstić information content (AvgIpc) is 2.27. The third kappa shape index (κ3) is 0.963. The van der Waals surface area contributed by atoms with Crippen molar-refractivity contribution in [1.82, 2.24) is 0 Å². The molecule has 1 aromatic carbocycles. The molecule has 50 valence electrons. The summed E-state index contributed by atoms with van der Waals surface area (Å²) in [6.45, 7) is 0. The molecule has 1 aromatic rings. The maximum atomic E-state index is 4.36. The lowest BCUT2D eigenvalue weighted by molar-refractivity contribution is 1.41. The average molecular weight is 243 g/mol. The highest BCUT2D eigenvalue weighted by atomic mass is 127. The van der Waals surface area contributed by atoms with Gasteiger partial charge in [0.25, 0.3) is 0 Å². The third-order valence-electron chi connectivity index (χ3n) is 1.57. The van der Waals surface area contributed by atoms with Crippen LogP contribution in [-0.4, -0.2) is 3.72 Å². The van der Waals surface area contributed by atoms with E-state index in [1.165, 1.54) is 9.28 Å². The van der Waals surface area contributed by atoms with E-state index in [-0.39, 0.29) is 0 Å². The van der Waals surface area contributed by atoms with Crippen molar-refractivity contribution >= 4 is 32.0 Å². The summed E-state index contributed by atoms with van der Waals surface area (Å²) in [6.07, 6.45) is 1.02. The Labute approximate surface area is 73.3 Å². The first kappa shape index (κ1) is 6.34. The molecular weight excluding hydrogens is 237 g/mol. The number of benzene rings is 1. The molecular formula is C8H6IN. The van der Waals surface area contributed by atoms with Gasteiger partial charge in [-0.1, -0.05) is 18.2 Å². The van der Waals surface area contributed by atoms with Gasteiger partial charge in [0.05, 0.1) is 9.41 Å². The molecule has 1 aliphatic heterocycles. The van der Waals surface area contributed by atoms with Crippen LogP contribution in [0.15, 0.2) is 29.3 Å². The molecule has 2 heteroatoms. The van der Waals surface area contributed by atoms with E-state index in [0.717, 1.165) is 12.1 Å². The topological polar surface area (TPSA) is 12.4 Å². The normalized spacial score (nSPS) is 14.7. The predicted molar refractivity (Wildman–Crippen MR) is 51.3 cm³/mol. The third-order valence-corrected chi connectivity index (χ3v) is 2.19. The van der Waals surface area contributed by atoms with E-state index in [2.05, 4.69) is 45.8 Å². The number of fused-ring (bicyclic) bond motifs is 1. The molecule has 0 fully saturated rings. The van der Waals surface area contributed by atoms with E-state index in [1.54, 1.807) is 0 Å². The lowest BCUT2D eigenvalue weighted by Gasteiger charge is -1.91. The van der Waals surface area contributed by atoms with Crippen LogP contribution in [0, 0.1) is 0 Å². The number of hydrogen-bond donors (Lipinski definition) is 0. The SMILES string of the molecule is IC1=Nc2ccccc2C1. The highest BCUT2D eigenvalue weighted by Crippen LogP contribution is 2.27. The fourth-order valence-corrected chi connectivity index (χ4v) is 1.77. The van der Waals surface area contributed by atoms with Crippen molar-refractivity contribution in [3.8, 4) is 0 Å². The van der Waals surface area contributed by atoms with Crippen molar-refractivity contribution in [3.63, 3.8) is 0 Å². The Morgan fingerprint density at radius 1 is 1.30 bits per heavy atom. The number of aliphatic imine (C=N–C) groups is 1. The second-order valence-electron chi connectivity index (χ2n) is 2.29. The summed E-state index contributed by atoms with van der Waals surface area (Å²) in [4.78, 5) is 4.36. The van der Waals surface area contributed by atoms with E-state index in [1.807, 2.05) is 6.07 Å². The van der Waals surface area contributed by atoms with E-state index in [4.69, 9.17) is 0 Å². The Balaban J connectivity index is 2.54. The summed E-state index contributed by atoms with van der Waals surface area (Å²) < 4.78 is 1.19. The van der Waals surface area contributed by atoms with Crippen molar-refractivity contribution in [1.29, 1.82) is 0 Å². The van der Waals surface area contributed by atoms with Gasteiger partial charge in [0.1, 0.15) is 0 Å². The van der Waals surface area contributed by atoms with Crippen LogP contribution >= 0.6 is 22.6 Å². The molecule has 0 aliphatic carbocycles. The minimum Gasteiger partial charge on any atom is -0.246 e. The molecule has 0 saturated heterocycles. The second kappa shape index (κ2) is 2.34. The van der Waals surface area contributed by atoms with Gasteiger partial charge in [-0.25, -0.2) is 4.99 Å². The molecule has 1 nitrogen and oxygen atoms in total. The standard InChI is InChI=1S/C8H6IN/c9-8-5-6-3-1-2-4-7(6)10-8/h1-4H,5H2. The fourth-order valence-electron chi connectivity index (χ4n) is 1.10. The Hall–Kier alpha value is -0.380. The number of nitrogens with zero attached hydrogens (tertiary/aromatic N) is 1. The smallest absolute Gasteiger partial charge is 0.0835 e. The van der Waals surface area contributed by atoms with Crippen LogP contribution in [0.4, 0.5) is 5.69 Å². The number of hydrogen-bond acceptors (Lipinski definition) is 1. The van der Waals surface area contributed by atoms with E-state index < -0.39 is 0 Å². The van der Waals surface area contributed by atoms with E-state index in [0.29, 0.717) is 0 Å². The Kier molecular flexibility index (Phi) is 1.48. The highest BCUT2D eigenvalue weighted by molar-refractivity contribution is 14.1. The van der Waals surface area contributed by atoms with Gasteiger partial charge in [0, 0.05) is 6.42 Å². The summed E-state index contributed by atoms with van der Waals surface area (Å²) in [6, 6.07) is 8.27. The number of rotatable bonds is 0. The Bertz CT molecular complexity index is 291. The highest BCUT2D eigenvalue weighted by Gasteiger charge is 2.09. The summed E-state index contributed by atoms with van der Waals surface area (Å²) in [5.74, 6) is 0. The summed E-state index contributed by atoms with van der Waals surface area (Å²) in [5, 5.41) is 0. The Morgan fingerprint density at radius 2 is 2.10 bits per heavy atom. The van der Waals surface area contributed by atoms with Crippen LogP contribution < -0.4 is 0 Å². The van der Waals surface area contributed by atoms with Crippen molar-refractivity contribution in [2.45, 2.75) is 6.42 Å². The van der Waals surface area contributed by atoms with Gasteiger partial charge in [-0.15, -0.1) is 0 Å². The largest absolute Gasteiger partial charge is 0.246 e. The molecule has 0 amide bonds. The van der Waals surface area contributed by atoms with Gasteiger partial charge in [0.2, 0.25) is 0 Å². The van der Waals surface area contributed by atoms with Crippen LogP contribution in [0.2, 0.25) is 0 Å². The van der Waals surface area contributed by atoms with Crippen LogP contribution in [0.3, 0.4) is 0 Å². The van der Waals surface area contributed by atoms with Crippen LogP contribution in [-0.2, 0) is 6.42 Å². The molecule has 2 rings (SSSR count). The van der Waals surface area contributed by atoms with Gasteiger partial charge in [-0.05, 0) is 34.2 Å². The zero-order chi connectivity index (χ0) is 6.97. The fraction of sp³-hybridized carbons (Fsp3) is 0.125. The Morgan fingerprint density at radius 3 is 2.90 bits per heavy atom. The molecule has 0 spiro atoms. The molecule has 0 unspecified atom stereocenters. The summed E-state index contributed by atoms with van der Waals surface area (Å²) >= 11 is 2.28. The summed E-state index contributed by atoms with van der Waals surface area (Å²) in [7, 11) is 0. The first-order chi connectivity index (χ1) is 4.86. The van der Waals surface area contributed by atoms with Crippen molar-refractivity contribution in [3.05, 3.63) is 29.8 Å². The van der Waals surface area contributed by atoms with E-state index >= 15 is 0 Å². The molecule has 0 N–H and O–H groups in total. The molecule has 0 saturated carbocycles. The zero-order valence-electron chi connectivity index (χ0n) is 5.34. The van der Waals surface area contributed by atoms with Gasteiger partial charge in [0.15, 0.2) is 0 Å². The number of halogens is 1. The first-order valence-corrected chi connectivity index (χ1v) is 4.25. The molecule has 10 heavy (non-hydrogen) atoms. The van der Waals surface area contributed by atoms with Crippen LogP contribution in [0.25, 0.3) is 0 Å².